The second kappa shape index (κ2) is 5.01. The van der Waals surface area contributed by atoms with Gasteiger partial charge < -0.3 is 5.32 Å². The molecule has 0 unspecified atom stereocenters. The van der Waals surface area contributed by atoms with E-state index in [0.29, 0.717) is 27.2 Å². The molecule has 3 aromatic heterocycles. The molecule has 3 rings (SSSR count). The fraction of sp³-hybridized carbons (Fsp3) is 0.200. The summed E-state index contributed by atoms with van der Waals surface area (Å²) >= 11 is 1.13. The van der Waals surface area contributed by atoms with Crippen LogP contribution >= 0.6 is 11.8 Å². The second-order valence-electron chi connectivity index (χ2n) is 4.04. The fourth-order valence-corrected chi connectivity index (χ4v) is 2.51. The number of aromatic amines is 2. The van der Waals surface area contributed by atoms with Gasteiger partial charge in [0, 0.05) is 14.1 Å². The third-order valence-electron chi connectivity index (χ3n) is 2.63. The highest BCUT2D eigenvalue weighted by atomic mass is 32.2. The Morgan fingerprint density at radius 1 is 1.29 bits per heavy atom. The van der Waals surface area contributed by atoms with Gasteiger partial charge in [0.1, 0.15) is 5.03 Å². The molecule has 0 radical (unpaired) electrons. The van der Waals surface area contributed by atoms with Crippen molar-refractivity contribution in [2.45, 2.75) is 10.2 Å². The van der Waals surface area contributed by atoms with Crippen molar-refractivity contribution in [3.8, 4) is 0 Å². The largest absolute Gasteiger partial charge is 0.357 e. The highest BCUT2D eigenvalue weighted by Gasteiger charge is 2.13. The van der Waals surface area contributed by atoms with Crippen molar-refractivity contribution in [2.24, 2.45) is 7.05 Å². The lowest BCUT2D eigenvalue weighted by Crippen LogP contribution is -2.33. The highest BCUT2D eigenvalue weighted by Crippen LogP contribution is 2.29. The van der Waals surface area contributed by atoms with Crippen LogP contribution in [0.2, 0.25) is 0 Å². The number of aryl methyl sites for hydroxylation is 1. The third kappa shape index (κ3) is 2.38. The van der Waals surface area contributed by atoms with Crippen molar-refractivity contribution in [1.29, 1.82) is 0 Å². The van der Waals surface area contributed by atoms with E-state index >= 15 is 0 Å². The van der Waals surface area contributed by atoms with Gasteiger partial charge in [0.15, 0.2) is 10.8 Å². The van der Waals surface area contributed by atoms with Gasteiger partial charge in [-0.15, -0.1) is 0 Å². The van der Waals surface area contributed by atoms with Gasteiger partial charge in [0.05, 0.1) is 11.6 Å². The minimum atomic E-state index is -0.845. The topological polar surface area (TPSA) is 134 Å². The van der Waals surface area contributed by atoms with Crippen LogP contribution in [0.25, 0.3) is 11.0 Å². The van der Waals surface area contributed by atoms with E-state index in [0.717, 1.165) is 11.8 Å². The molecule has 0 aromatic carbocycles. The van der Waals surface area contributed by atoms with E-state index in [-0.39, 0.29) is 0 Å². The lowest BCUT2D eigenvalue weighted by molar-refractivity contribution is 0.596. The van der Waals surface area contributed by atoms with Crippen molar-refractivity contribution in [2.75, 3.05) is 12.4 Å². The first kappa shape index (κ1) is 13.3. The zero-order valence-corrected chi connectivity index (χ0v) is 11.9. The van der Waals surface area contributed by atoms with E-state index in [1.165, 1.54) is 4.68 Å². The molecule has 0 spiro atoms. The molecule has 0 aliphatic carbocycles. The van der Waals surface area contributed by atoms with Crippen molar-refractivity contribution < 1.29 is 0 Å². The molecule has 0 amide bonds. The van der Waals surface area contributed by atoms with Gasteiger partial charge in [-0.1, -0.05) is 0 Å². The lowest BCUT2D eigenvalue weighted by Gasteiger charge is -2.07. The summed E-state index contributed by atoms with van der Waals surface area (Å²) in [5, 5.41) is 13.5. The molecule has 108 valence electrons. The van der Waals surface area contributed by atoms with Gasteiger partial charge in [0.2, 0.25) is 5.95 Å². The van der Waals surface area contributed by atoms with Crippen molar-refractivity contribution in [1.82, 2.24) is 34.9 Å². The van der Waals surface area contributed by atoms with Crippen molar-refractivity contribution in [3.05, 3.63) is 26.9 Å². The molecule has 11 heteroatoms. The van der Waals surface area contributed by atoms with E-state index in [4.69, 9.17) is 0 Å². The maximum absolute atomic E-state index is 11.4. The van der Waals surface area contributed by atoms with Gasteiger partial charge >= 0.3 is 11.1 Å². The molecular formula is C10H10N8O2S. The zero-order chi connectivity index (χ0) is 15.0. The molecule has 0 saturated heterocycles. The Balaban J connectivity index is 2.13. The molecule has 3 aromatic rings. The molecule has 3 heterocycles. The molecule has 0 fully saturated rings. The summed E-state index contributed by atoms with van der Waals surface area (Å²) in [6, 6.07) is 0. The zero-order valence-electron chi connectivity index (χ0n) is 11.0. The number of anilines is 1. The molecule has 0 saturated carbocycles. The Morgan fingerprint density at radius 3 is 2.86 bits per heavy atom. The van der Waals surface area contributed by atoms with Gasteiger partial charge in [0.25, 0.3) is 0 Å². The van der Waals surface area contributed by atoms with E-state index in [9.17, 15) is 9.59 Å². The Morgan fingerprint density at radius 2 is 2.10 bits per heavy atom. The Kier molecular flexibility index (Phi) is 3.17. The number of nitrogens with one attached hydrogen (secondary N) is 3. The van der Waals surface area contributed by atoms with Crippen LogP contribution < -0.4 is 16.4 Å². The predicted octanol–water partition coefficient (Wildman–Crippen LogP) is -0.672. The Labute approximate surface area is 121 Å². The van der Waals surface area contributed by atoms with Crippen LogP contribution in [-0.4, -0.2) is 42.0 Å². The van der Waals surface area contributed by atoms with Crippen molar-refractivity contribution >= 4 is 28.7 Å². The van der Waals surface area contributed by atoms with Gasteiger partial charge in [-0.05, 0) is 11.8 Å². The summed E-state index contributed by atoms with van der Waals surface area (Å²) in [6.45, 7) is 0. The monoisotopic (exact) mass is 306 g/mol. The fourth-order valence-electron chi connectivity index (χ4n) is 1.64. The van der Waals surface area contributed by atoms with E-state index in [2.05, 4.69) is 35.6 Å². The highest BCUT2D eigenvalue weighted by molar-refractivity contribution is 7.99. The molecule has 10 nitrogen and oxygen atoms in total. The molecule has 0 bridgehead atoms. The maximum atomic E-state index is 11.4. The summed E-state index contributed by atoms with van der Waals surface area (Å²) < 4.78 is 1.36. The Bertz CT molecular complexity index is 927. The van der Waals surface area contributed by atoms with E-state index in [1.807, 2.05) is 0 Å². The summed E-state index contributed by atoms with van der Waals surface area (Å²) in [5.74, 6) is 0.406. The SMILES string of the molecule is CNc1nc(Sc2nc(=O)c(=O)[nH]n2C)c2cn[nH]c2n1. The van der Waals surface area contributed by atoms with Gasteiger partial charge in [-0.3, -0.25) is 24.5 Å². The number of aromatic nitrogens is 7. The lowest BCUT2D eigenvalue weighted by atomic mass is 10.4. The molecule has 0 aliphatic rings. The second-order valence-corrected chi connectivity index (χ2v) is 4.99. The number of fused-ring (bicyclic) bond motifs is 1. The summed E-state index contributed by atoms with van der Waals surface area (Å²) in [5.41, 5.74) is -1.05. The van der Waals surface area contributed by atoms with E-state index < -0.39 is 11.1 Å². The smallest absolute Gasteiger partial charge is 0.339 e. The van der Waals surface area contributed by atoms with Crippen LogP contribution in [0, 0.1) is 0 Å². The van der Waals surface area contributed by atoms with Crippen LogP contribution in [0.1, 0.15) is 0 Å². The summed E-state index contributed by atoms with van der Waals surface area (Å²) in [6.07, 6.45) is 1.58. The molecule has 0 aliphatic heterocycles. The molecule has 0 atom stereocenters. The number of H-pyrrole nitrogens is 2. The van der Waals surface area contributed by atoms with Crippen molar-refractivity contribution in [3.63, 3.8) is 0 Å². The minimum Gasteiger partial charge on any atom is -0.357 e. The first-order valence-corrected chi connectivity index (χ1v) is 6.64. The standard InChI is InChI=1S/C10H10N8O2S/c1-11-9-13-5-4(3-12-16-5)8(15-9)21-10-14-6(19)7(20)17-18(10)2/h3H,1-2H3,(H,17,20)(H2,11,12,13,15,16). The molecule has 3 N–H and O–H groups in total. The quantitative estimate of drug-likeness (QED) is 0.428. The summed E-state index contributed by atoms with van der Waals surface area (Å²) in [7, 11) is 3.28. The first-order valence-electron chi connectivity index (χ1n) is 5.82. The molecule has 21 heavy (non-hydrogen) atoms. The number of nitrogens with zero attached hydrogens (tertiary/aromatic N) is 5. The number of hydrogen-bond donors (Lipinski definition) is 3. The van der Waals surface area contributed by atoms with Crippen LogP contribution in [0.5, 0.6) is 0 Å². The average molecular weight is 306 g/mol. The minimum absolute atomic E-state index is 0.308. The molecular weight excluding hydrogens is 296 g/mol. The van der Waals surface area contributed by atoms with Gasteiger partial charge in [-0.2, -0.15) is 15.1 Å². The maximum Gasteiger partial charge on any atom is 0.339 e. The van der Waals surface area contributed by atoms with Crippen LogP contribution in [0.3, 0.4) is 0 Å². The first-order chi connectivity index (χ1) is 10.1. The number of rotatable bonds is 3. The third-order valence-corrected chi connectivity index (χ3v) is 3.69. The van der Waals surface area contributed by atoms with Crippen LogP contribution in [0.15, 0.2) is 26.0 Å². The van der Waals surface area contributed by atoms with Crippen LogP contribution in [0.4, 0.5) is 5.95 Å². The van der Waals surface area contributed by atoms with Gasteiger partial charge in [-0.25, -0.2) is 4.98 Å². The predicted molar refractivity (Wildman–Crippen MR) is 75.5 cm³/mol. The Hall–Kier alpha value is -2.69. The normalized spacial score (nSPS) is 11.0. The van der Waals surface area contributed by atoms with Crippen LogP contribution in [-0.2, 0) is 7.05 Å². The summed E-state index contributed by atoms with van der Waals surface area (Å²) in [4.78, 5) is 34.8. The average Bonchev–Trinajstić information content (AvgIpc) is 2.93. The number of hydrogen-bond acceptors (Lipinski definition) is 8. The van der Waals surface area contributed by atoms with E-state index in [1.54, 1.807) is 20.3 Å².